The third kappa shape index (κ3) is 2.84. The molecule has 0 N–H and O–H groups in total. The van der Waals surface area contributed by atoms with Gasteiger partial charge in [-0.3, -0.25) is 0 Å². The number of rotatable bonds is 4. The van der Waals surface area contributed by atoms with Gasteiger partial charge in [-0.2, -0.15) is 8.78 Å². The summed E-state index contributed by atoms with van der Waals surface area (Å²) in [6.45, 7) is 0.0438. The Morgan fingerprint density at radius 2 is 1.39 bits per heavy atom. The Labute approximate surface area is 127 Å². The summed E-state index contributed by atoms with van der Waals surface area (Å²) in [6, 6.07) is 4.42. The lowest BCUT2D eigenvalue weighted by atomic mass is 10.3. The Bertz CT molecular complexity index is 742. The number of hydrogen-bond donors (Lipinski definition) is 0. The Balaban J connectivity index is 1.72. The first-order chi connectivity index (χ1) is 11.0. The first-order valence-electron chi connectivity index (χ1n) is 5.99. The van der Waals surface area contributed by atoms with Gasteiger partial charge < -0.3 is 18.5 Å². The van der Waals surface area contributed by atoms with E-state index in [1.54, 1.807) is 0 Å². The highest BCUT2D eigenvalue weighted by Crippen LogP contribution is 2.38. The molecule has 0 spiro atoms. The Morgan fingerprint density at radius 1 is 0.783 bits per heavy atom. The average Bonchev–Trinajstić information content (AvgIpc) is 3.02. The van der Waals surface area contributed by atoms with Crippen molar-refractivity contribution in [2.45, 2.75) is 0 Å². The Morgan fingerprint density at radius 3 is 2.09 bits per heavy atom. The second-order valence-corrected chi connectivity index (χ2v) is 4.78. The predicted molar refractivity (Wildman–Crippen MR) is 68.4 cm³/mol. The first kappa shape index (κ1) is 15.6. The van der Waals surface area contributed by atoms with Gasteiger partial charge in [0.05, 0.1) is 0 Å². The molecule has 1 atom stereocenters. The molecule has 2 aromatic rings. The Hall–Kier alpha value is -2.28. The zero-order chi connectivity index (χ0) is 16.6. The molecule has 23 heavy (non-hydrogen) atoms. The zero-order valence-corrected chi connectivity index (χ0v) is 12.0. The van der Waals surface area contributed by atoms with Crippen LogP contribution in [0.25, 0.3) is 0 Å². The van der Waals surface area contributed by atoms with Crippen molar-refractivity contribution in [1.29, 1.82) is 0 Å². The molecule has 122 valence electrons. The van der Waals surface area contributed by atoms with Crippen molar-refractivity contribution < 1.29 is 40.5 Å². The van der Waals surface area contributed by atoms with Gasteiger partial charge in [-0.25, -0.2) is 13.2 Å². The van der Waals surface area contributed by atoms with Crippen molar-refractivity contribution in [2.75, 3.05) is 6.79 Å². The van der Waals surface area contributed by atoms with E-state index in [1.165, 1.54) is 18.2 Å². The number of benzene rings is 2. The molecule has 0 aromatic heterocycles. The lowest BCUT2D eigenvalue weighted by Gasteiger charge is -2.10. The maximum atomic E-state index is 13.4. The third-order valence-corrected chi connectivity index (χ3v) is 3.42. The molecular formula is C13H6F5O4P. The van der Waals surface area contributed by atoms with E-state index in [4.69, 9.17) is 14.0 Å². The summed E-state index contributed by atoms with van der Waals surface area (Å²) >= 11 is 0. The summed E-state index contributed by atoms with van der Waals surface area (Å²) in [5.41, 5.74) is 0. The molecule has 0 fully saturated rings. The second-order valence-electron chi connectivity index (χ2n) is 4.20. The van der Waals surface area contributed by atoms with Crippen LogP contribution in [0.2, 0.25) is 0 Å². The summed E-state index contributed by atoms with van der Waals surface area (Å²) in [6.07, 6.45) is 0. The fourth-order valence-corrected chi connectivity index (χ4v) is 2.25. The van der Waals surface area contributed by atoms with Gasteiger partial charge in [-0.15, -0.1) is 0 Å². The van der Waals surface area contributed by atoms with E-state index < -0.39 is 43.9 Å². The summed E-state index contributed by atoms with van der Waals surface area (Å²) in [5.74, 6) is -10.9. The number of halogens is 5. The van der Waals surface area contributed by atoms with Gasteiger partial charge in [0.25, 0.3) is 9.03 Å². The van der Waals surface area contributed by atoms with Crippen LogP contribution in [-0.4, -0.2) is 6.79 Å². The molecule has 4 nitrogen and oxygen atoms in total. The lowest BCUT2D eigenvalue weighted by Crippen LogP contribution is -2.03. The molecular weight excluding hydrogens is 346 g/mol. The highest BCUT2D eigenvalue weighted by molar-refractivity contribution is 7.27. The zero-order valence-electron chi connectivity index (χ0n) is 11.0. The van der Waals surface area contributed by atoms with Crippen molar-refractivity contribution in [2.24, 2.45) is 0 Å². The molecule has 1 heterocycles. The lowest BCUT2D eigenvalue weighted by molar-refractivity contribution is 0.174. The molecule has 0 saturated heterocycles. The van der Waals surface area contributed by atoms with E-state index in [-0.39, 0.29) is 12.5 Å². The summed E-state index contributed by atoms with van der Waals surface area (Å²) < 4.78 is 85.4. The minimum Gasteiger partial charge on any atom is -0.454 e. The molecule has 0 aliphatic carbocycles. The fraction of sp³-hybridized carbons (Fsp3) is 0.0769. The molecule has 3 rings (SSSR count). The molecule has 10 heteroatoms. The maximum Gasteiger partial charge on any atom is 0.275 e. The van der Waals surface area contributed by atoms with Gasteiger partial charge in [0, 0.05) is 6.07 Å². The largest absolute Gasteiger partial charge is 0.454 e. The topological polar surface area (TPSA) is 36.9 Å². The maximum absolute atomic E-state index is 13.4. The van der Waals surface area contributed by atoms with Crippen molar-refractivity contribution in [3.05, 3.63) is 47.3 Å². The quantitative estimate of drug-likeness (QED) is 0.360. The van der Waals surface area contributed by atoms with Crippen LogP contribution >= 0.6 is 9.03 Å². The molecule has 1 aliphatic rings. The van der Waals surface area contributed by atoms with Crippen LogP contribution in [0.4, 0.5) is 22.0 Å². The van der Waals surface area contributed by atoms with Crippen LogP contribution in [-0.2, 0) is 0 Å². The van der Waals surface area contributed by atoms with E-state index >= 15 is 0 Å². The minimum absolute atomic E-state index is 0.0438. The molecule has 0 radical (unpaired) electrons. The van der Waals surface area contributed by atoms with Gasteiger partial charge in [-0.05, 0) is 12.1 Å². The summed E-state index contributed by atoms with van der Waals surface area (Å²) in [4.78, 5) is 0. The van der Waals surface area contributed by atoms with Crippen LogP contribution in [0.3, 0.4) is 0 Å². The van der Waals surface area contributed by atoms with E-state index in [2.05, 4.69) is 4.52 Å². The van der Waals surface area contributed by atoms with Crippen molar-refractivity contribution in [3.63, 3.8) is 0 Å². The van der Waals surface area contributed by atoms with Crippen molar-refractivity contribution >= 4 is 9.03 Å². The second kappa shape index (κ2) is 6.08. The van der Waals surface area contributed by atoms with Crippen LogP contribution in [0.15, 0.2) is 18.2 Å². The van der Waals surface area contributed by atoms with Crippen molar-refractivity contribution in [1.82, 2.24) is 0 Å². The van der Waals surface area contributed by atoms with E-state index in [1.807, 2.05) is 0 Å². The van der Waals surface area contributed by atoms with Crippen LogP contribution < -0.4 is 18.5 Å². The van der Waals surface area contributed by atoms with Gasteiger partial charge in [0.2, 0.25) is 41.6 Å². The Kier molecular flexibility index (Phi) is 4.12. The highest BCUT2D eigenvalue weighted by atomic mass is 31.1. The average molecular weight is 352 g/mol. The van der Waals surface area contributed by atoms with Crippen LogP contribution in [0, 0.1) is 29.1 Å². The predicted octanol–water partition coefficient (Wildman–Crippen LogP) is 4.08. The van der Waals surface area contributed by atoms with E-state index in [0.717, 1.165) is 0 Å². The standard InChI is InChI=1S/C13H6F5O4P/c14-8-9(15)11(17)13(12(18)10(8)16)22-23-21-5-1-2-6-7(3-5)20-4-19-6/h1-3,23H,4H2. The van der Waals surface area contributed by atoms with Gasteiger partial charge >= 0.3 is 0 Å². The van der Waals surface area contributed by atoms with Gasteiger partial charge in [0.1, 0.15) is 5.75 Å². The van der Waals surface area contributed by atoms with E-state index in [9.17, 15) is 22.0 Å². The first-order valence-corrected chi connectivity index (χ1v) is 6.80. The highest BCUT2D eigenvalue weighted by Gasteiger charge is 2.27. The van der Waals surface area contributed by atoms with Gasteiger partial charge in [-0.1, -0.05) is 0 Å². The molecule has 0 saturated carbocycles. The molecule has 1 aliphatic heterocycles. The molecule has 2 aromatic carbocycles. The monoisotopic (exact) mass is 352 g/mol. The molecule has 0 bridgehead atoms. The van der Waals surface area contributed by atoms with Crippen LogP contribution in [0.1, 0.15) is 0 Å². The smallest absolute Gasteiger partial charge is 0.275 e. The van der Waals surface area contributed by atoms with Crippen LogP contribution in [0.5, 0.6) is 23.0 Å². The SMILES string of the molecule is Fc1c(F)c(F)c(OPOc2ccc3c(c2)OCO3)c(F)c1F. The third-order valence-electron chi connectivity index (χ3n) is 2.82. The van der Waals surface area contributed by atoms with Crippen molar-refractivity contribution in [3.8, 4) is 23.0 Å². The fourth-order valence-electron chi connectivity index (χ4n) is 1.73. The van der Waals surface area contributed by atoms with E-state index in [0.29, 0.717) is 11.5 Å². The molecule has 0 amide bonds. The summed E-state index contributed by atoms with van der Waals surface area (Å²) in [7, 11) is -1.05. The molecule has 1 unspecified atom stereocenters. The minimum atomic E-state index is -2.26. The normalized spacial score (nSPS) is 12.9. The van der Waals surface area contributed by atoms with Gasteiger partial charge in [0.15, 0.2) is 11.5 Å². The number of hydrogen-bond acceptors (Lipinski definition) is 4. The number of ether oxygens (including phenoxy) is 2. The summed E-state index contributed by atoms with van der Waals surface area (Å²) in [5, 5.41) is 0. The number of fused-ring (bicyclic) bond motifs is 1.